The number of hydrogen-bond acceptors (Lipinski definition) is 4. The largest absolute Gasteiger partial charge is 0.306 e. The van der Waals surface area contributed by atoms with Crippen molar-refractivity contribution in [3.05, 3.63) is 39.7 Å². The number of hydrogen-bond donors (Lipinski definition) is 0. The molecule has 1 aliphatic rings. The van der Waals surface area contributed by atoms with Gasteiger partial charge in [-0.2, -0.15) is 0 Å². The van der Waals surface area contributed by atoms with Crippen LogP contribution in [0.3, 0.4) is 0 Å². The lowest BCUT2D eigenvalue weighted by Crippen LogP contribution is -2.38. The van der Waals surface area contributed by atoms with E-state index >= 15 is 0 Å². The number of non-ortho nitro benzene ring substituents is 1. The standard InChI is InChI=1S/C12H12FN3O3/c1-12(6-11(17)15(2)7-14-12)9-5-8(16(18)19)3-4-10(9)13/h3-5,7H,6H2,1-2H3. The molecule has 0 saturated heterocycles. The van der Waals surface area contributed by atoms with Crippen molar-refractivity contribution in [2.24, 2.45) is 4.99 Å². The molecule has 2 rings (SSSR count). The Kier molecular flexibility index (Phi) is 3.05. The van der Waals surface area contributed by atoms with Gasteiger partial charge in [0.05, 0.1) is 23.2 Å². The van der Waals surface area contributed by atoms with E-state index in [1.807, 2.05) is 0 Å². The molecule has 0 bridgehead atoms. The first kappa shape index (κ1) is 13.1. The third-order valence-corrected chi connectivity index (χ3v) is 3.15. The molecule has 0 aliphatic carbocycles. The smallest absolute Gasteiger partial charge is 0.270 e. The maximum absolute atomic E-state index is 13.9. The van der Waals surface area contributed by atoms with Gasteiger partial charge < -0.3 is 4.90 Å². The van der Waals surface area contributed by atoms with Gasteiger partial charge in [-0.1, -0.05) is 0 Å². The summed E-state index contributed by atoms with van der Waals surface area (Å²) in [6.45, 7) is 1.58. The Morgan fingerprint density at radius 2 is 2.21 bits per heavy atom. The predicted molar refractivity (Wildman–Crippen MR) is 66.3 cm³/mol. The molecule has 1 aromatic carbocycles. The van der Waals surface area contributed by atoms with Gasteiger partial charge in [0.2, 0.25) is 5.91 Å². The first-order valence-electron chi connectivity index (χ1n) is 5.59. The Balaban J connectivity index is 2.52. The van der Waals surface area contributed by atoms with Crippen LogP contribution in [0, 0.1) is 15.9 Å². The van der Waals surface area contributed by atoms with Crippen LogP contribution in [-0.2, 0) is 10.3 Å². The number of carbonyl (C=O) groups is 1. The topological polar surface area (TPSA) is 75.8 Å². The SMILES string of the molecule is CN1C=NC(C)(c2cc([N+](=O)[O-])ccc2F)CC1=O. The lowest BCUT2D eigenvalue weighted by molar-refractivity contribution is -0.385. The van der Waals surface area contributed by atoms with Crippen LogP contribution in [0.4, 0.5) is 10.1 Å². The van der Waals surface area contributed by atoms with E-state index in [0.717, 1.165) is 18.2 Å². The number of nitro groups is 1. The van der Waals surface area contributed by atoms with E-state index in [1.165, 1.54) is 11.2 Å². The highest BCUT2D eigenvalue weighted by Crippen LogP contribution is 2.35. The first-order valence-corrected chi connectivity index (χ1v) is 5.59. The molecular weight excluding hydrogens is 253 g/mol. The second-order valence-corrected chi connectivity index (χ2v) is 4.62. The number of carbonyl (C=O) groups excluding carboxylic acids is 1. The van der Waals surface area contributed by atoms with E-state index in [4.69, 9.17) is 0 Å². The third-order valence-electron chi connectivity index (χ3n) is 3.15. The van der Waals surface area contributed by atoms with Crippen molar-refractivity contribution in [2.75, 3.05) is 7.05 Å². The molecule has 1 heterocycles. The van der Waals surface area contributed by atoms with Gasteiger partial charge in [-0.15, -0.1) is 0 Å². The van der Waals surface area contributed by atoms with Crippen LogP contribution in [0.2, 0.25) is 0 Å². The number of halogens is 1. The lowest BCUT2D eigenvalue weighted by Gasteiger charge is -2.31. The number of nitrogens with zero attached hydrogens (tertiary/aromatic N) is 3. The summed E-state index contributed by atoms with van der Waals surface area (Å²) < 4.78 is 13.9. The normalized spacial score (nSPS) is 22.7. The molecule has 100 valence electrons. The van der Waals surface area contributed by atoms with Crippen LogP contribution >= 0.6 is 0 Å². The second-order valence-electron chi connectivity index (χ2n) is 4.62. The Bertz CT molecular complexity index is 588. The Hall–Kier alpha value is -2.31. The summed E-state index contributed by atoms with van der Waals surface area (Å²) in [7, 11) is 1.55. The Morgan fingerprint density at radius 1 is 1.53 bits per heavy atom. The first-order chi connectivity index (χ1) is 8.83. The Morgan fingerprint density at radius 3 is 2.79 bits per heavy atom. The van der Waals surface area contributed by atoms with Gasteiger partial charge in [-0.25, -0.2) is 4.39 Å². The van der Waals surface area contributed by atoms with Crippen LogP contribution < -0.4 is 0 Å². The summed E-state index contributed by atoms with van der Waals surface area (Å²) in [5.74, 6) is -0.828. The maximum atomic E-state index is 13.9. The molecule has 6 nitrogen and oxygen atoms in total. The average Bonchev–Trinajstić information content (AvgIpc) is 2.34. The zero-order chi connectivity index (χ0) is 14.2. The summed E-state index contributed by atoms with van der Waals surface area (Å²) in [5.41, 5.74) is -1.28. The van der Waals surface area contributed by atoms with Crippen LogP contribution in [0.1, 0.15) is 18.9 Å². The molecule has 1 amide bonds. The van der Waals surface area contributed by atoms with Crippen LogP contribution in [0.15, 0.2) is 23.2 Å². The highest BCUT2D eigenvalue weighted by Gasteiger charge is 2.36. The number of aliphatic imine (C=N–C) groups is 1. The second kappa shape index (κ2) is 4.42. The van der Waals surface area contributed by atoms with E-state index in [1.54, 1.807) is 14.0 Å². The monoisotopic (exact) mass is 265 g/mol. The highest BCUT2D eigenvalue weighted by atomic mass is 19.1. The van der Waals surface area contributed by atoms with E-state index in [0.29, 0.717) is 0 Å². The molecule has 0 spiro atoms. The van der Waals surface area contributed by atoms with Crippen molar-refractivity contribution in [2.45, 2.75) is 18.9 Å². The summed E-state index contributed by atoms with van der Waals surface area (Å²) in [4.78, 5) is 27.3. The predicted octanol–water partition coefficient (Wildman–Crippen LogP) is 1.84. The van der Waals surface area contributed by atoms with E-state index in [9.17, 15) is 19.3 Å². The molecule has 19 heavy (non-hydrogen) atoms. The van der Waals surface area contributed by atoms with Crippen molar-refractivity contribution in [3.63, 3.8) is 0 Å². The van der Waals surface area contributed by atoms with Gasteiger partial charge in [0.25, 0.3) is 5.69 Å². The number of nitro benzene ring substituents is 1. The van der Waals surface area contributed by atoms with Gasteiger partial charge in [-0.3, -0.25) is 19.9 Å². The van der Waals surface area contributed by atoms with Gasteiger partial charge in [0, 0.05) is 24.7 Å². The van der Waals surface area contributed by atoms with Crippen molar-refractivity contribution < 1.29 is 14.1 Å². The maximum Gasteiger partial charge on any atom is 0.270 e. The van der Waals surface area contributed by atoms with E-state index in [-0.39, 0.29) is 23.6 Å². The number of benzene rings is 1. The van der Waals surface area contributed by atoms with Crippen LogP contribution in [0.5, 0.6) is 0 Å². The molecule has 0 N–H and O–H groups in total. The summed E-state index contributed by atoms with van der Waals surface area (Å²) >= 11 is 0. The molecule has 1 atom stereocenters. The van der Waals surface area contributed by atoms with Gasteiger partial charge >= 0.3 is 0 Å². The summed E-state index contributed by atoms with van der Waals surface area (Å²) in [6.07, 6.45) is 1.28. The molecule has 7 heteroatoms. The quantitative estimate of drug-likeness (QED) is 0.604. The summed E-state index contributed by atoms with van der Waals surface area (Å²) in [5, 5.41) is 10.7. The molecule has 1 aromatic rings. The number of amides is 1. The molecular formula is C12H12FN3O3. The third kappa shape index (κ3) is 2.31. The minimum atomic E-state index is -1.11. The van der Waals surface area contributed by atoms with Crippen molar-refractivity contribution in [1.29, 1.82) is 0 Å². The van der Waals surface area contributed by atoms with Gasteiger partial charge in [-0.05, 0) is 13.0 Å². The molecule has 1 aliphatic heterocycles. The molecule has 0 radical (unpaired) electrons. The van der Waals surface area contributed by atoms with Crippen LogP contribution in [-0.4, -0.2) is 29.1 Å². The fourth-order valence-corrected chi connectivity index (χ4v) is 1.95. The minimum absolute atomic E-state index is 0.0297. The fourth-order valence-electron chi connectivity index (χ4n) is 1.95. The van der Waals surface area contributed by atoms with Crippen molar-refractivity contribution in [3.8, 4) is 0 Å². The zero-order valence-electron chi connectivity index (χ0n) is 10.5. The molecule has 0 aromatic heterocycles. The molecule has 0 fully saturated rings. The van der Waals surface area contributed by atoms with Crippen molar-refractivity contribution in [1.82, 2.24) is 4.90 Å². The highest BCUT2D eigenvalue weighted by molar-refractivity contribution is 5.90. The average molecular weight is 265 g/mol. The van der Waals surface area contributed by atoms with Gasteiger partial charge in [0.1, 0.15) is 5.82 Å². The molecule has 1 unspecified atom stereocenters. The van der Waals surface area contributed by atoms with E-state index < -0.39 is 16.3 Å². The molecule has 0 saturated carbocycles. The summed E-state index contributed by atoms with van der Waals surface area (Å²) in [6, 6.07) is 3.24. The number of rotatable bonds is 2. The fraction of sp³-hybridized carbons (Fsp3) is 0.333. The van der Waals surface area contributed by atoms with Crippen LogP contribution in [0.25, 0.3) is 0 Å². The lowest BCUT2D eigenvalue weighted by atomic mass is 9.87. The van der Waals surface area contributed by atoms with Gasteiger partial charge in [0.15, 0.2) is 0 Å². The van der Waals surface area contributed by atoms with Crippen molar-refractivity contribution >= 4 is 17.9 Å². The minimum Gasteiger partial charge on any atom is -0.306 e. The Labute approximate surface area is 108 Å². The zero-order valence-corrected chi connectivity index (χ0v) is 10.5. The van der Waals surface area contributed by atoms with E-state index in [2.05, 4.69) is 4.99 Å².